The number of hydrogen-bond donors (Lipinski definition) is 2. The molecular weight excluding hydrogens is 274 g/mol. The molecule has 0 aliphatic carbocycles. The molecule has 1 unspecified atom stereocenters. The van der Waals surface area contributed by atoms with Crippen LogP contribution in [0.1, 0.15) is 38.5 Å². The van der Waals surface area contributed by atoms with E-state index in [4.69, 9.17) is 0 Å². The second kappa shape index (κ2) is 7.73. The lowest BCUT2D eigenvalue weighted by atomic mass is 9.98. The van der Waals surface area contributed by atoms with E-state index in [1.165, 1.54) is 12.8 Å². The molecule has 2 heterocycles. The van der Waals surface area contributed by atoms with Gasteiger partial charge in [0.05, 0.1) is 5.75 Å². The minimum Gasteiger partial charge on any atom is -0.314 e. The van der Waals surface area contributed by atoms with Crippen LogP contribution in [0.3, 0.4) is 0 Å². The first-order valence-electron chi connectivity index (χ1n) is 7.94. The van der Waals surface area contributed by atoms with Crippen LogP contribution in [0, 0.1) is 5.92 Å². The summed E-state index contributed by atoms with van der Waals surface area (Å²) in [5, 5.41) is 3.40. The zero-order valence-corrected chi connectivity index (χ0v) is 13.4. The fourth-order valence-corrected chi connectivity index (χ4v) is 4.28. The molecule has 0 aromatic rings. The molecule has 2 aliphatic heterocycles. The van der Waals surface area contributed by atoms with Crippen LogP contribution >= 0.6 is 0 Å². The maximum absolute atomic E-state index is 12.0. The summed E-state index contributed by atoms with van der Waals surface area (Å²) in [6.07, 6.45) is 6.50. The fraction of sp³-hybridized carbons (Fsp3) is 1.00. The van der Waals surface area contributed by atoms with Gasteiger partial charge in [-0.2, -0.15) is 0 Å². The molecule has 2 N–H and O–H groups in total. The lowest BCUT2D eigenvalue weighted by Gasteiger charge is -2.29. The minimum absolute atomic E-state index is 0.261. The average molecular weight is 303 g/mol. The molecule has 5 nitrogen and oxygen atoms in total. The highest BCUT2D eigenvalue weighted by molar-refractivity contribution is 7.89. The lowest BCUT2D eigenvalue weighted by molar-refractivity contribution is 0.220. The van der Waals surface area contributed by atoms with Crippen molar-refractivity contribution in [3.8, 4) is 0 Å². The van der Waals surface area contributed by atoms with E-state index < -0.39 is 10.0 Å². The molecule has 20 heavy (non-hydrogen) atoms. The van der Waals surface area contributed by atoms with Crippen molar-refractivity contribution in [2.75, 3.05) is 39.0 Å². The minimum atomic E-state index is -3.10. The zero-order valence-electron chi connectivity index (χ0n) is 12.6. The molecule has 1 atom stereocenters. The molecular formula is C14H29N3O2S. The Labute approximate surface area is 123 Å². The Bertz CT molecular complexity index is 372. The van der Waals surface area contributed by atoms with E-state index in [2.05, 4.69) is 22.0 Å². The van der Waals surface area contributed by atoms with E-state index in [1.54, 1.807) is 0 Å². The van der Waals surface area contributed by atoms with Gasteiger partial charge in [0.25, 0.3) is 0 Å². The van der Waals surface area contributed by atoms with Crippen LogP contribution in [-0.2, 0) is 10.0 Å². The zero-order chi connectivity index (χ0) is 14.4. The van der Waals surface area contributed by atoms with Crippen molar-refractivity contribution in [1.29, 1.82) is 0 Å². The number of likely N-dealkylation sites (tertiary alicyclic amines) is 1. The Morgan fingerprint density at radius 3 is 2.60 bits per heavy atom. The molecule has 0 aromatic heterocycles. The fourth-order valence-electron chi connectivity index (χ4n) is 3.05. The normalized spacial score (nSPS) is 26.8. The van der Waals surface area contributed by atoms with Gasteiger partial charge in [-0.05, 0) is 64.7 Å². The first-order chi connectivity index (χ1) is 9.55. The second-order valence-corrected chi connectivity index (χ2v) is 8.28. The van der Waals surface area contributed by atoms with E-state index in [0.717, 1.165) is 45.3 Å². The maximum atomic E-state index is 12.0. The van der Waals surface area contributed by atoms with E-state index in [-0.39, 0.29) is 5.75 Å². The topological polar surface area (TPSA) is 61.4 Å². The Balaban J connectivity index is 1.65. The van der Waals surface area contributed by atoms with Gasteiger partial charge >= 0.3 is 0 Å². The Morgan fingerprint density at radius 1 is 1.20 bits per heavy atom. The summed E-state index contributed by atoms with van der Waals surface area (Å²) in [4.78, 5) is 2.31. The Morgan fingerprint density at radius 2 is 1.95 bits per heavy atom. The highest BCUT2D eigenvalue weighted by Gasteiger charge is 2.20. The standard InChI is InChI=1S/C14H29N3O2S/c1-17-9-5-13(6-10-17)12-16-20(18,19)11-7-14-4-2-3-8-15-14/h13-16H,2-12H2,1H3. The smallest absolute Gasteiger partial charge is 0.211 e. The predicted molar refractivity (Wildman–Crippen MR) is 82.3 cm³/mol. The molecule has 0 aromatic carbocycles. The number of hydrogen-bond acceptors (Lipinski definition) is 4. The van der Waals surface area contributed by atoms with Gasteiger partial charge in [0.2, 0.25) is 10.0 Å². The van der Waals surface area contributed by atoms with E-state index in [0.29, 0.717) is 18.5 Å². The molecule has 2 rings (SSSR count). The highest BCUT2D eigenvalue weighted by atomic mass is 32.2. The first kappa shape index (κ1) is 16.2. The number of rotatable bonds is 6. The molecule has 118 valence electrons. The molecule has 2 saturated heterocycles. The van der Waals surface area contributed by atoms with Crippen molar-refractivity contribution in [3.63, 3.8) is 0 Å². The summed E-state index contributed by atoms with van der Waals surface area (Å²) in [6, 6.07) is 0.392. The quantitative estimate of drug-likeness (QED) is 0.761. The lowest BCUT2D eigenvalue weighted by Crippen LogP contribution is -2.39. The monoisotopic (exact) mass is 303 g/mol. The number of nitrogens with one attached hydrogen (secondary N) is 2. The molecule has 2 fully saturated rings. The highest BCUT2D eigenvalue weighted by Crippen LogP contribution is 2.15. The van der Waals surface area contributed by atoms with Gasteiger partial charge in [0, 0.05) is 12.6 Å². The number of nitrogens with zero attached hydrogens (tertiary/aromatic N) is 1. The van der Waals surface area contributed by atoms with Gasteiger partial charge in [0.1, 0.15) is 0 Å². The summed E-state index contributed by atoms with van der Waals surface area (Å²) in [5.41, 5.74) is 0. The summed E-state index contributed by atoms with van der Waals surface area (Å²) < 4.78 is 26.9. The second-order valence-electron chi connectivity index (χ2n) is 6.35. The summed E-state index contributed by atoms with van der Waals surface area (Å²) in [6.45, 7) is 3.82. The van der Waals surface area contributed by atoms with Crippen LogP contribution < -0.4 is 10.0 Å². The average Bonchev–Trinajstić information content (AvgIpc) is 2.46. The molecule has 0 amide bonds. The molecule has 2 aliphatic rings. The third-order valence-corrected chi connectivity index (χ3v) is 5.96. The summed E-state index contributed by atoms with van der Waals surface area (Å²) in [7, 11) is -0.975. The van der Waals surface area contributed by atoms with Crippen molar-refractivity contribution < 1.29 is 8.42 Å². The largest absolute Gasteiger partial charge is 0.314 e. The molecule has 0 saturated carbocycles. The molecule has 0 radical (unpaired) electrons. The predicted octanol–water partition coefficient (Wildman–Crippen LogP) is 0.780. The summed E-state index contributed by atoms with van der Waals surface area (Å²) in [5.74, 6) is 0.769. The van der Waals surface area contributed by atoms with Crippen molar-refractivity contribution in [2.45, 2.75) is 44.6 Å². The van der Waals surface area contributed by atoms with Gasteiger partial charge in [0.15, 0.2) is 0 Å². The molecule has 0 bridgehead atoms. The van der Waals surface area contributed by atoms with Crippen LogP contribution in [0.25, 0.3) is 0 Å². The van der Waals surface area contributed by atoms with Gasteiger partial charge in [-0.15, -0.1) is 0 Å². The molecule has 0 spiro atoms. The van der Waals surface area contributed by atoms with Crippen molar-refractivity contribution in [3.05, 3.63) is 0 Å². The van der Waals surface area contributed by atoms with Gasteiger partial charge < -0.3 is 10.2 Å². The van der Waals surface area contributed by atoms with Crippen molar-refractivity contribution >= 4 is 10.0 Å². The SMILES string of the molecule is CN1CCC(CNS(=O)(=O)CCC2CCCCN2)CC1. The third-order valence-electron chi connectivity index (χ3n) is 4.58. The Hall–Kier alpha value is -0.170. The van der Waals surface area contributed by atoms with E-state index in [9.17, 15) is 8.42 Å². The maximum Gasteiger partial charge on any atom is 0.211 e. The van der Waals surface area contributed by atoms with E-state index >= 15 is 0 Å². The molecule has 6 heteroatoms. The van der Waals surface area contributed by atoms with Crippen LogP contribution in [0.4, 0.5) is 0 Å². The van der Waals surface area contributed by atoms with Crippen LogP contribution in [0.15, 0.2) is 0 Å². The van der Waals surface area contributed by atoms with E-state index in [1.807, 2.05) is 0 Å². The van der Waals surface area contributed by atoms with Gasteiger partial charge in [-0.1, -0.05) is 6.42 Å². The van der Waals surface area contributed by atoms with Crippen LogP contribution in [0.2, 0.25) is 0 Å². The summed E-state index contributed by atoms with van der Waals surface area (Å²) >= 11 is 0. The van der Waals surface area contributed by atoms with Crippen molar-refractivity contribution in [2.24, 2.45) is 5.92 Å². The van der Waals surface area contributed by atoms with Gasteiger partial charge in [-0.3, -0.25) is 0 Å². The van der Waals surface area contributed by atoms with Gasteiger partial charge in [-0.25, -0.2) is 13.1 Å². The number of piperidine rings is 2. The van der Waals surface area contributed by atoms with Crippen molar-refractivity contribution in [1.82, 2.24) is 14.9 Å². The van der Waals surface area contributed by atoms with Crippen LogP contribution in [-0.4, -0.2) is 58.3 Å². The third kappa shape index (κ3) is 5.68. The Kier molecular flexibility index (Phi) is 6.26. The first-order valence-corrected chi connectivity index (χ1v) is 9.60. The van der Waals surface area contributed by atoms with Crippen LogP contribution in [0.5, 0.6) is 0 Å². The number of sulfonamides is 1.